The first-order valence-corrected chi connectivity index (χ1v) is 7.40. The standard InChI is InChI=1S/C18H19FN2O/c1-11-8-16-17(9-12(11)2)21(18(22)13(3)20-16)10-14-6-4-5-7-15(14)19/h4-9,13,20H,10H2,1-3H3. The smallest absolute Gasteiger partial charge is 0.249 e. The van der Waals surface area contributed by atoms with Gasteiger partial charge in [-0.2, -0.15) is 0 Å². The van der Waals surface area contributed by atoms with Gasteiger partial charge in [-0.05, 0) is 50.1 Å². The maximum absolute atomic E-state index is 13.9. The van der Waals surface area contributed by atoms with Gasteiger partial charge in [0.2, 0.25) is 5.91 Å². The number of halogens is 1. The molecule has 1 unspecified atom stereocenters. The van der Waals surface area contributed by atoms with Crippen molar-refractivity contribution in [3.05, 3.63) is 58.9 Å². The number of anilines is 2. The van der Waals surface area contributed by atoms with Crippen LogP contribution in [-0.4, -0.2) is 11.9 Å². The minimum Gasteiger partial charge on any atom is -0.372 e. The summed E-state index contributed by atoms with van der Waals surface area (Å²) in [5.74, 6) is -0.328. The number of hydrogen-bond acceptors (Lipinski definition) is 2. The van der Waals surface area contributed by atoms with Crippen molar-refractivity contribution in [1.29, 1.82) is 0 Å². The normalized spacial score (nSPS) is 17.2. The highest BCUT2D eigenvalue weighted by molar-refractivity contribution is 6.04. The van der Waals surface area contributed by atoms with E-state index < -0.39 is 0 Å². The predicted octanol–water partition coefficient (Wildman–Crippen LogP) is 3.79. The molecule has 2 aromatic rings. The Labute approximate surface area is 129 Å². The van der Waals surface area contributed by atoms with Crippen LogP contribution < -0.4 is 10.2 Å². The average molecular weight is 298 g/mol. The molecule has 0 saturated carbocycles. The lowest BCUT2D eigenvalue weighted by molar-refractivity contribution is -0.119. The molecule has 1 aliphatic heterocycles. The number of hydrogen-bond donors (Lipinski definition) is 1. The van der Waals surface area contributed by atoms with Gasteiger partial charge in [-0.1, -0.05) is 18.2 Å². The molecule has 1 aliphatic rings. The minimum absolute atomic E-state index is 0.0426. The Morgan fingerprint density at radius 3 is 2.59 bits per heavy atom. The summed E-state index contributed by atoms with van der Waals surface area (Å²) in [6, 6.07) is 10.3. The molecular formula is C18H19FN2O. The van der Waals surface area contributed by atoms with E-state index in [-0.39, 0.29) is 24.3 Å². The first-order valence-electron chi connectivity index (χ1n) is 7.40. The second-order valence-electron chi connectivity index (χ2n) is 5.84. The van der Waals surface area contributed by atoms with Crippen molar-refractivity contribution in [2.24, 2.45) is 0 Å². The molecule has 3 rings (SSSR count). The number of amides is 1. The maximum atomic E-state index is 13.9. The molecule has 0 spiro atoms. The molecule has 1 amide bonds. The zero-order valence-electron chi connectivity index (χ0n) is 13.0. The summed E-state index contributed by atoms with van der Waals surface area (Å²) in [5.41, 5.74) is 4.54. The van der Waals surface area contributed by atoms with Crippen LogP contribution in [-0.2, 0) is 11.3 Å². The number of nitrogens with one attached hydrogen (secondary N) is 1. The Hall–Kier alpha value is -2.36. The second kappa shape index (κ2) is 5.44. The Morgan fingerprint density at radius 2 is 1.86 bits per heavy atom. The van der Waals surface area contributed by atoms with Gasteiger partial charge in [0, 0.05) is 5.56 Å². The number of rotatable bonds is 2. The van der Waals surface area contributed by atoms with Crippen molar-refractivity contribution < 1.29 is 9.18 Å². The average Bonchev–Trinajstić information content (AvgIpc) is 2.48. The van der Waals surface area contributed by atoms with Gasteiger partial charge in [0.05, 0.1) is 17.9 Å². The van der Waals surface area contributed by atoms with Crippen molar-refractivity contribution in [1.82, 2.24) is 0 Å². The van der Waals surface area contributed by atoms with Crippen LogP contribution in [0.25, 0.3) is 0 Å². The number of carbonyl (C=O) groups excluding carboxylic acids is 1. The Bertz CT molecular complexity index is 742. The quantitative estimate of drug-likeness (QED) is 0.915. The van der Waals surface area contributed by atoms with Crippen LogP contribution in [0.15, 0.2) is 36.4 Å². The van der Waals surface area contributed by atoms with E-state index in [1.165, 1.54) is 11.6 Å². The third-order valence-corrected chi connectivity index (χ3v) is 4.20. The first kappa shape index (κ1) is 14.6. The molecule has 0 aromatic heterocycles. The van der Waals surface area contributed by atoms with Crippen LogP contribution in [0.2, 0.25) is 0 Å². The maximum Gasteiger partial charge on any atom is 0.249 e. The van der Waals surface area contributed by atoms with E-state index in [0.717, 1.165) is 16.9 Å². The van der Waals surface area contributed by atoms with E-state index >= 15 is 0 Å². The van der Waals surface area contributed by atoms with E-state index in [1.807, 2.05) is 32.9 Å². The lowest BCUT2D eigenvalue weighted by Crippen LogP contribution is -2.45. The van der Waals surface area contributed by atoms with Gasteiger partial charge < -0.3 is 10.2 Å². The molecule has 1 atom stereocenters. The van der Waals surface area contributed by atoms with Gasteiger partial charge in [0.1, 0.15) is 11.9 Å². The van der Waals surface area contributed by atoms with Crippen molar-refractivity contribution in [3.8, 4) is 0 Å². The van der Waals surface area contributed by atoms with E-state index in [0.29, 0.717) is 5.56 Å². The molecule has 4 heteroatoms. The minimum atomic E-state index is -0.318. The monoisotopic (exact) mass is 298 g/mol. The van der Waals surface area contributed by atoms with E-state index in [1.54, 1.807) is 23.1 Å². The van der Waals surface area contributed by atoms with E-state index in [2.05, 4.69) is 5.32 Å². The van der Waals surface area contributed by atoms with Crippen LogP contribution >= 0.6 is 0 Å². The van der Waals surface area contributed by atoms with Gasteiger partial charge in [-0.25, -0.2) is 4.39 Å². The van der Waals surface area contributed by atoms with Crippen LogP contribution in [0.4, 0.5) is 15.8 Å². The lowest BCUT2D eigenvalue weighted by atomic mass is 10.0. The van der Waals surface area contributed by atoms with Crippen molar-refractivity contribution >= 4 is 17.3 Å². The summed E-state index contributed by atoms with van der Waals surface area (Å²) < 4.78 is 13.9. The Morgan fingerprint density at radius 1 is 1.18 bits per heavy atom. The third-order valence-electron chi connectivity index (χ3n) is 4.20. The van der Waals surface area contributed by atoms with Gasteiger partial charge in [0.15, 0.2) is 0 Å². The summed E-state index contributed by atoms with van der Waals surface area (Å²) in [7, 11) is 0. The highest BCUT2D eigenvalue weighted by Crippen LogP contribution is 2.35. The zero-order valence-corrected chi connectivity index (χ0v) is 13.0. The topological polar surface area (TPSA) is 32.3 Å². The summed E-state index contributed by atoms with van der Waals surface area (Å²) in [6.07, 6.45) is 0. The highest BCUT2D eigenvalue weighted by atomic mass is 19.1. The van der Waals surface area contributed by atoms with Crippen LogP contribution in [0, 0.1) is 19.7 Å². The third kappa shape index (κ3) is 2.45. The summed E-state index contributed by atoms with van der Waals surface area (Å²) in [4.78, 5) is 14.2. The van der Waals surface area contributed by atoms with Crippen molar-refractivity contribution in [2.45, 2.75) is 33.4 Å². The first-order chi connectivity index (χ1) is 10.5. The van der Waals surface area contributed by atoms with Gasteiger partial charge in [-0.15, -0.1) is 0 Å². The number of nitrogens with zero attached hydrogens (tertiary/aromatic N) is 1. The summed E-state index contributed by atoms with van der Waals surface area (Å²) in [6.45, 7) is 6.13. The van der Waals surface area contributed by atoms with E-state index in [4.69, 9.17) is 0 Å². The Kier molecular flexibility index (Phi) is 3.61. The van der Waals surface area contributed by atoms with Gasteiger partial charge >= 0.3 is 0 Å². The molecule has 1 heterocycles. The van der Waals surface area contributed by atoms with Crippen LogP contribution in [0.3, 0.4) is 0 Å². The number of fused-ring (bicyclic) bond motifs is 1. The fourth-order valence-electron chi connectivity index (χ4n) is 2.75. The summed E-state index contributed by atoms with van der Waals surface area (Å²) >= 11 is 0. The van der Waals surface area contributed by atoms with Crippen LogP contribution in [0.5, 0.6) is 0 Å². The molecular weight excluding hydrogens is 279 g/mol. The molecule has 3 nitrogen and oxygen atoms in total. The van der Waals surface area contributed by atoms with Crippen LogP contribution in [0.1, 0.15) is 23.6 Å². The molecule has 114 valence electrons. The molecule has 0 bridgehead atoms. The molecule has 2 aromatic carbocycles. The fourth-order valence-corrected chi connectivity index (χ4v) is 2.75. The Balaban J connectivity index is 2.05. The SMILES string of the molecule is Cc1cc2c(cc1C)N(Cc1ccccc1F)C(=O)C(C)N2. The fraction of sp³-hybridized carbons (Fsp3) is 0.278. The molecule has 1 N–H and O–H groups in total. The number of carbonyl (C=O) groups is 1. The van der Waals surface area contributed by atoms with Gasteiger partial charge in [-0.3, -0.25) is 4.79 Å². The predicted molar refractivity (Wildman–Crippen MR) is 86.6 cm³/mol. The molecule has 0 aliphatic carbocycles. The molecule has 0 radical (unpaired) electrons. The van der Waals surface area contributed by atoms with Crippen molar-refractivity contribution in [3.63, 3.8) is 0 Å². The number of benzene rings is 2. The summed E-state index contributed by atoms with van der Waals surface area (Å²) in [5, 5.41) is 3.22. The highest BCUT2D eigenvalue weighted by Gasteiger charge is 2.30. The molecule has 0 saturated heterocycles. The zero-order chi connectivity index (χ0) is 15.9. The largest absolute Gasteiger partial charge is 0.372 e. The molecule has 22 heavy (non-hydrogen) atoms. The lowest BCUT2D eigenvalue weighted by Gasteiger charge is -2.34. The second-order valence-corrected chi connectivity index (χ2v) is 5.84. The number of aryl methyl sites for hydroxylation is 2. The van der Waals surface area contributed by atoms with E-state index in [9.17, 15) is 9.18 Å². The van der Waals surface area contributed by atoms with Crippen molar-refractivity contribution in [2.75, 3.05) is 10.2 Å². The molecule has 0 fully saturated rings. The van der Waals surface area contributed by atoms with Gasteiger partial charge in [0.25, 0.3) is 0 Å².